The van der Waals surface area contributed by atoms with E-state index in [1.807, 2.05) is 0 Å². The Hall–Kier alpha value is -2.32. The second kappa shape index (κ2) is 5.64. The topological polar surface area (TPSA) is 16.4 Å². The number of fused-ring (bicyclic) bond motifs is 3. The van der Waals surface area contributed by atoms with Crippen molar-refractivity contribution < 1.29 is 4.42 Å². The van der Waals surface area contributed by atoms with E-state index in [-0.39, 0.29) is 0 Å². The quantitative estimate of drug-likeness (QED) is 0.656. The van der Waals surface area contributed by atoms with Gasteiger partial charge in [-0.05, 0) is 54.2 Å². The molecule has 0 N–H and O–H groups in total. The van der Waals surface area contributed by atoms with Gasteiger partial charge in [-0.25, -0.2) is 0 Å². The normalized spacial score (nSPS) is 23.6. The maximum absolute atomic E-state index is 5.47. The number of nitrogens with zero attached hydrogens (tertiary/aromatic N) is 1. The minimum atomic E-state index is 0.582. The van der Waals surface area contributed by atoms with Crippen molar-refractivity contribution in [1.82, 2.24) is 4.90 Å². The average molecular weight is 315 g/mol. The largest absolute Gasteiger partial charge is 0.464 e. The van der Waals surface area contributed by atoms with E-state index in [1.54, 1.807) is 6.26 Å². The summed E-state index contributed by atoms with van der Waals surface area (Å²) in [5, 5.41) is 1.20. The Labute approximate surface area is 142 Å². The first-order valence-electron chi connectivity index (χ1n) is 8.85. The van der Waals surface area contributed by atoms with Crippen molar-refractivity contribution >= 4 is 16.5 Å². The van der Waals surface area contributed by atoms with Crippen LogP contribution in [0.2, 0.25) is 0 Å². The Balaban J connectivity index is 1.43. The minimum absolute atomic E-state index is 0.582. The Kier molecular flexibility index (Phi) is 3.30. The van der Waals surface area contributed by atoms with E-state index in [0.29, 0.717) is 12.1 Å². The van der Waals surface area contributed by atoms with Crippen LogP contribution in [-0.4, -0.2) is 17.0 Å². The Morgan fingerprint density at radius 1 is 1.00 bits per heavy atom. The molecule has 2 bridgehead atoms. The van der Waals surface area contributed by atoms with Crippen molar-refractivity contribution in [1.29, 1.82) is 0 Å². The molecule has 2 nitrogen and oxygen atoms in total. The molecule has 0 amide bonds. The molecule has 2 aromatic carbocycles. The average Bonchev–Trinajstić information content (AvgIpc) is 3.16. The third-order valence-electron chi connectivity index (χ3n) is 5.57. The molecule has 0 saturated carbocycles. The Morgan fingerprint density at radius 2 is 1.92 bits per heavy atom. The third-order valence-corrected chi connectivity index (χ3v) is 5.57. The van der Waals surface area contributed by atoms with Crippen LogP contribution in [0.1, 0.15) is 30.4 Å². The fourth-order valence-corrected chi connectivity index (χ4v) is 4.34. The van der Waals surface area contributed by atoms with Gasteiger partial charge in [0, 0.05) is 24.0 Å². The smallest absolute Gasteiger partial charge is 0.133 e. The van der Waals surface area contributed by atoms with E-state index in [4.69, 9.17) is 4.42 Å². The monoisotopic (exact) mass is 315 g/mol. The van der Waals surface area contributed by atoms with E-state index in [1.165, 1.54) is 34.9 Å². The Morgan fingerprint density at radius 3 is 2.79 bits per heavy atom. The van der Waals surface area contributed by atoms with E-state index in [9.17, 15) is 0 Å². The maximum Gasteiger partial charge on any atom is 0.133 e. The second-order valence-electron chi connectivity index (χ2n) is 7.03. The lowest BCUT2D eigenvalue weighted by Gasteiger charge is -2.34. The number of rotatable bonds is 3. The highest BCUT2D eigenvalue weighted by atomic mass is 16.3. The summed E-state index contributed by atoms with van der Waals surface area (Å²) in [5.74, 6) is 0. The van der Waals surface area contributed by atoms with Crippen LogP contribution in [0.4, 0.5) is 0 Å². The van der Waals surface area contributed by atoms with Gasteiger partial charge in [0.2, 0.25) is 0 Å². The highest BCUT2D eigenvalue weighted by Gasteiger charge is 2.36. The maximum atomic E-state index is 5.47. The lowest BCUT2D eigenvalue weighted by molar-refractivity contribution is 0.203. The zero-order valence-corrected chi connectivity index (χ0v) is 13.7. The predicted molar refractivity (Wildman–Crippen MR) is 97.6 cm³/mol. The lowest BCUT2D eigenvalue weighted by Crippen LogP contribution is -2.37. The van der Waals surface area contributed by atoms with Crippen LogP contribution in [0.5, 0.6) is 0 Å². The van der Waals surface area contributed by atoms with E-state index >= 15 is 0 Å². The highest BCUT2D eigenvalue weighted by Crippen LogP contribution is 2.39. The van der Waals surface area contributed by atoms with Crippen molar-refractivity contribution in [2.24, 2.45) is 0 Å². The van der Waals surface area contributed by atoms with Gasteiger partial charge >= 0.3 is 0 Å². The summed E-state index contributed by atoms with van der Waals surface area (Å²) in [6, 6.07) is 20.8. The summed E-state index contributed by atoms with van der Waals surface area (Å²) >= 11 is 0. The van der Waals surface area contributed by atoms with Gasteiger partial charge in [-0.2, -0.15) is 0 Å². The van der Waals surface area contributed by atoms with Gasteiger partial charge in [0.25, 0.3) is 0 Å². The van der Waals surface area contributed by atoms with Crippen LogP contribution in [0.15, 0.2) is 71.4 Å². The fraction of sp³-hybridized carbons (Fsp3) is 0.273. The molecule has 1 aromatic heterocycles. The molecule has 2 atom stereocenters. The molecule has 24 heavy (non-hydrogen) atoms. The third kappa shape index (κ3) is 2.38. The number of furan rings is 1. The van der Waals surface area contributed by atoms with Crippen molar-refractivity contribution in [3.63, 3.8) is 0 Å². The van der Waals surface area contributed by atoms with E-state index < -0.39 is 0 Å². The molecule has 0 aliphatic carbocycles. The minimum Gasteiger partial charge on any atom is -0.464 e. The van der Waals surface area contributed by atoms with E-state index in [0.717, 1.165) is 18.5 Å². The van der Waals surface area contributed by atoms with Gasteiger partial charge in [0.05, 0.1) is 6.26 Å². The van der Waals surface area contributed by atoms with Gasteiger partial charge in [0.1, 0.15) is 5.58 Å². The van der Waals surface area contributed by atoms with Crippen LogP contribution < -0.4 is 0 Å². The highest BCUT2D eigenvalue weighted by molar-refractivity contribution is 5.82. The molecule has 3 aromatic rings. The number of benzene rings is 2. The Bertz CT molecular complexity index is 892. The molecule has 2 heteroatoms. The van der Waals surface area contributed by atoms with Crippen molar-refractivity contribution in [2.45, 2.75) is 37.9 Å². The lowest BCUT2D eigenvalue weighted by atomic mass is 9.93. The molecule has 1 saturated heterocycles. The van der Waals surface area contributed by atoms with Gasteiger partial charge < -0.3 is 4.42 Å². The second-order valence-corrected chi connectivity index (χ2v) is 7.03. The molecule has 0 spiro atoms. The van der Waals surface area contributed by atoms with Crippen molar-refractivity contribution in [3.8, 4) is 0 Å². The zero-order valence-electron chi connectivity index (χ0n) is 13.7. The number of hydrogen-bond donors (Lipinski definition) is 0. The summed E-state index contributed by atoms with van der Waals surface area (Å²) in [6.07, 6.45) is 8.04. The van der Waals surface area contributed by atoms with Crippen LogP contribution in [0.25, 0.3) is 16.5 Å². The van der Waals surface area contributed by atoms with Crippen molar-refractivity contribution in [2.75, 3.05) is 0 Å². The summed E-state index contributed by atoms with van der Waals surface area (Å²) in [4.78, 5) is 2.69. The molecule has 0 radical (unpaired) electrons. The van der Waals surface area contributed by atoms with Crippen molar-refractivity contribution in [3.05, 3.63) is 78.1 Å². The summed E-state index contributed by atoms with van der Waals surface area (Å²) in [7, 11) is 0. The van der Waals surface area contributed by atoms with Gasteiger partial charge in [-0.1, -0.05) is 42.5 Å². The summed E-state index contributed by atoms with van der Waals surface area (Å²) in [5.41, 5.74) is 5.27. The first-order valence-corrected chi connectivity index (χ1v) is 8.85. The molecule has 5 rings (SSSR count). The molecule has 120 valence electrons. The molecule has 2 aliphatic rings. The zero-order chi connectivity index (χ0) is 15.9. The summed E-state index contributed by atoms with van der Waals surface area (Å²) < 4.78 is 5.47. The SMILES string of the molecule is C1=C(c2ccc3occc3c2)CC2CCC1N2Cc1ccccc1. The van der Waals surface area contributed by atoms with E-state index in [2.05, 4.69) is 65.6 Å². The first kappa shape index (κ1) is 14.1. The molecule has 2 aliphatic heterocycles. The first-order chi connectivity index (χ1) is 11.9. The van der Waals surface area contributed by atoms with Gasteiger partial charge in [0.15, 0.2) is 0 Å². The summed E-state index contributed by atoms with van der Waals surface area (Å²) in [6.45, 7) is 1.07. The van der Waals surface area contributed by atoms with Crippen LogP contribution in [-0.2, 0) is 6.54 Å². The molecule has 2 unspecified atom stereocenters. The standard InChI is InChI=1S/C22H21NO/c1-2-4-16(5-3-1)15-23-20-7-8-21(23)14-19(13-20)17-6-9-22-18(12-17)10-11-24-22/h1-6,9-13,20-21H,7-8,14-15H2. The van der Waals surface area contributed by atoms with Crippen LogP contribution in [0.3, 0.4) is 0 Å². The van der Waals surface area contributed by atoms with Crippen LogP contribution in [0, 0.1) is 0 Å². The predicted octanol–water partition coefficient (Wildman–Crippen LogP) is 5.25. The molecule has 1 fully saturated rings. The molecular weight excluding hydrogens is 294 g/mol. The van der Waals surface area contributed by atoms with Gasteiger partial charge in [-0.15, -0.1) is 0 Å². The fourth-order valence-electron chi connectivity index (χ4n) is 4.34. The molecule has 3 heterocycles. The molecular formula is C22H21NO. The number of hydrogen-bond acceptors (Lipinski definition) is 2. The van der Waals surface area contributed by atoms with Gasteiger partial charge in [-0.3, -0.25) is 4.90 Å². The van der Waals surface area contributed by atoms with Crippen LogP contribution >= 0.6 is 0 Å².